The lowest BCUT2D eigenvalue weighted by molar-refractivity contribution is 0.150. The molecule has 0 bridgehead atoms. The predicted molar refractivity (Wildman–Crippen MR) is 100 cm³/mol. The van der Waals surface area contributed by atoms with E-state index in [1.165, 1.54) is 16.8 Å². The van der Waals surface area contributed by atoms with Gasteiger partial charge in [0, 0.05) is 16.9 Å². The number of sulfonamides is 1. The number of aryl methyl sites for hydroxylation is 1. The van der Waals surface area contributed by atoms with Crippen LogP contribution >= 0.6 is 27.3 Å². The minimum atomic E-state index is -3.97. The molecule has 1 aliphatic carbocycles. The van der Waals surface area contributed by atoms with Crippen LogP contribution in [0.15, 0.2) is 21.5 Å². The Morgan fingerprint density at radius 1 is 1.39 bits per heavy atom. The highest BCUT2D eigenvalue weighted by molar-refractivity contribution is 9.10. The average Bonchev–Trinajstić information content (AvgIpc) is 3.07. The Morgan fingerprint density at radius 3 is 2.68 bits per heavy atom. The van der Waals surface area contributed by atoms with Crippen molar-refractivity contribution in [2.45, 2.75) is 29.7 Å². The Labute approximate surface area is 170 Å². The van der Waals surface area contributed by atoms with Crippen molar-refractivity contribution < 1.29 is 17.2 Å². The summed E-state index contributed by atoms with van der Waals surface area (Å²) in [4.78, 5) is -0.0683. The van der Waals surface area contributed by atoms with E-state index in [9.17, 15) is 17.2 Å². The van der Waals surface area contributed by atoms with Crippen LogP contribution in [0.1, 0.15) is 24.3 Å². The van der Waals surface area contributed by atoms with E-state index in [1.54, 1.807) is 7.05 Å². The summed E-state index contributed by atoms with van der Waals surface area (Å²) in [5, 5.41) is 20.8. The van der Waals surface area contributed by atoms with Gasteiger partial charge in [-0.1, -0.05) is 11.3 Å². The number of nitrogens with zero attached hydrogens (tertiary/aromatic N) is 5. The highest BCUT2D eigenvalue weighted by Gasteiger charge is 2.47. The summed E-state index contributed by atoms with van der Waals surface area (Å²) in [5.74, 6) is 0. The summed E-state index contributed by atoms with van der Waals surface area (Å²) in [7, 11) is -2.33. The van der Waals surface area contributed by atoms with Crippen molar-refractivity contribution >= 4 is 48.2 Å². The van der Waals surface area contributed by atoms with Gasteiger partial charge < -0.3 is 0 Å². The molecule has 0 radical (unpaired) electrons. The largest absolute Gasteiger partial charge is 0.291 e. The van der Waals surface area contributed by atoms with E-state index in [0.29, 0.717) is 39.6 Å². The van der Waals surface area contributed by atoms with Gasteiger partial charge in [-0.05, 0) is 40.9 Å². The zero-order valence-corrected chi connectivity index (χ0v) is 17.4. The molecule has 4 rings (SSSR count). The van der Waals surface area contributed by atoms with Crippen molar-refractivity contribution in [2.75, 3.05) is 0 Å². The van der Waals surface area contributed by atoms with Crippen LogP contribution < -0.4 is 4.72 Å². The van der Waals surface area contributed by atoms with Crippen molar-refractivity contribution in [1.29, 1.82) is 5.26 Å². The maximum Gasteiger partial charge on any atom is 0.291 e. The molecular formula is C15H11BrF2N6O2S2. The smallest absolute Gasteiger partial charge is 0.266 e. The van der Waals surface area contributed by atoms with Crippen LogP contribution in [-0.2, 0) is 17.1 Å². The van der Waals surface area contributed by atoms with Crippen molar-refractivity contribution in [3.05, 3.63) is 21.6 Å². The molecular weight excluding hydrogens is 478 g/mol. The molecule has 13 heteroatoms. The standard InChI is InChI=1S/C15H11BrF2N6O2S2/c1-24-11-8(10(22-24)13-20-21-14(27-13)12(17)18)4-7(5-9(11)16)28(25,26)23-15(6-19)2-3-15/h4-5,12,23H,2-3H2,1H3. The van der Waals surface area contributed by atoms with E-state index < -0.39 is 27.0 Å². The number of benzene rings is 1. The molecule has 0 atom stereocenters. The van der Waals surface area contributed by atoms with Gasteiger partial charge in [-0.25, -0.2) is 17.2 Å². The van der Waals surface area contributed by atoms with Crippen molar-refractivity contribution in [3.63, 3.8) is 0 Å². The van der Waals surface area contributed by atoms with Gasteiger partial charge in [0.25, 0.3) is 6.43 Å². The first-order chi connectivity index (χ1) is 13.2. The van der Waals surface area contributed by atoms with E-state index >= 15 is 0 Å². The first kappa shape index (κ1) is 19.3. The molecule has 28 heavy (non-hydrogen) atoms. The molecule has 1 N–H and O–H groups in total. The second kappa shape index (κ2) is 6.51. The molecule has 3 aromatic rings. The highest BCUT2D eigenvalue weighted by Crippen LogP contribution is 2.39. The van der Waals surface area contributed by atoms with Gasteiger partial charge >= 0.3 is 0 Å². The fourth-order valence-corrected chi connectivity index (χ4v) is 5.74. The summed E-state index contributed by atoms with van der Waals surface area (Å²) in [6.07, 6.45) is -1.86. The molecule has 1 saturated carbocycles. The van der Waals surface area contributed by atoms with Crippen LogP contribution in [0.4, 0.5) is 8.78 Å². The number of nitriles is 1. The second-order valence-corrected chi connectivity index (χ2v) is 9.86. The molecule has 146 valence electrons. The van der Waals surface area contributed by atoms with Crippen LogP contribution in [0.5, 0.6) is 0 Å². The van der Waals surface area contributed by atoms with Crippen LogP contribution in [0.25, 0.3) is 21.6 Å². The minimum absolute atomic E-state index is 0.0683. The summed E-state index contributed by atoms with van der Waals surface area (Å²) in [6, 6.07) is 4.78. The van der Waals surface area contributed by atoms with Crippen LogP contribution in [0, 0.1) is 11.3 Å². The Morgan fingerprint density at radius 2 is 2.11 bits per heavy atom. The quantitative estimate of drug-likeness (QED) is 0.589. The number of hydrogen-bond acceptors (Lipinski definition) is 7. The lowest BCUT2D eigenvalue weighted by Gasteiger charge is -2.11. The number of aromatic nitrogens is 4. The first-order valence-electron chi connectivity index (χ1n) is 7.89. The third kappa shape index (κ3) is 3.20. The van der Waals surface area contributed by atoms with Gasteiger partial charge in [0.1, 0.15) is 11.2 Å². The Balaban J connectivity index is 1.86. The summed E-state index contributed by atoms with van der Waals surface area (Å²) in [5.41, 5.74) is -0.242. The zero-order valence-electron chi connectivity index (χ0n) is 14.1. The zero-order chi connectivity index (χ0) is 20.3. The number of nitrogens with one attached hydrogen (secondary N) is 1. The number of alkyl halides is 2. The maximum absolute atomic E-state index is 12.9. The number of fused-ring (bicyclic) bond motifs is 1. The summed E-state index contributed by atoms with van der Waals surface area (Å²) in [6.45, 7) is 0. The first-order valence-corrected chi connectivity index (χ1v) is 11.0. The van der Waals surface area contributed by atoms with Crippen LogP contribution in [0.3, 0.4) is 0 Å². The van der Waals surface area contributed by atoms with Gasteiger partial charge in [0.2, 0.25) is 10.0 Å². The predicted octanol–water partition coefficient (Wildman–Crippen LogP) is 3.13. The molecule has 1 aliphatic rings. The van der Waals surface area contributed by atoms with Crippen LogP contribution in [-0.4, -0.2) is 33.9 Å². The van der Waals surface area contributed by atoms with E-state index in [1.807, 2.05) is 6.07 Å². The van der Waals surface area contributed by atoms with E-state index in [0.717, 1.165) is 0 Å². The Bertz CT molecular complexity index is 1240. The molecule has 0 saturated heterocycles. The third-order valence-electron chi connectivity index (χ3n) is 4.30. The molecule has 0 spiro atoms. The molecule has 0 aliphatic heterocycles. The SMILES string of the molecule is Cn1nc(-c2nnc(C(F)F)s2)c2cc(S(=O)(=O)NC3(C#N)CC3)cc(Br)c21. The van der Waals surface area contributed by atoms with Crippen molar-refractivity contribution in [2.24, 2.45) is 7.05 Å². The number of rotatable bonds is 5. The lowest BCUT2D eigenvalue weighted by atomic mass is 10.2. The molecule has 2 aromatic heterocycles. The molecule has 1 aromatic carbocycles. The van der Waals surface area contributed by atoms with Crippen LogP contribution in [0.2, 0.25) is 0 Å². The van der Waals surface area contributed by atoms with Gasteiger partial charge in [0.05, 0.1) is 16.5 Å². The van der Waals surface area contributed by atoms with Gasteiger partial charge in [-0.15, -0.1) is 10.2 Å². The molecule has 8 nitrogen and oxygen atoms in total. The Kier molecular flexibility index (Phi) is 4.49. The minimum Gasteiger partial charge on any atom is -0.266 e. The maximum atomic E-state index is 12.9. The number of halogens is 3. The summed E-state index contributed by atoms with van der Waals surface area (Å²) >= 11 is 4.04. The molecule has 1 fully saturated rings. The molecule has 2 heterocycles. The molecule has 0 unspecified atom stereocenters. The topological polar surface area (TPSA) is 114 Å². The van der Waals surface area contributed by atoms with Crippen molar-refractivity contribution in [3.8, 4) is 16.8 Å². The molecule has 0 amide bonds. The summed E-state index contributed by atoms with van der Waals surface area (Å²) < 4.78 is 55.6. The second-order valence-electron chi connectivity index (χ2n) is 6.32. The fraction of sp³-hybridized carbons (Fsp3) is 0.333. The normalized spacial score (nSPS) is 15.9. The van der Waals surface area contributed by atoms with E-state index in [4.69, 9.17) is 5.26 Å². The lowest BCUT2D eigenvalue weighted by Crippen LogP contribution is -2.35. The van der Waals surface area contributed by atoms with Gasteiger partial charge in [-0.2, -0.15) is 15.1 Å². The fourth-order valence-electron chi connectivity index (χ4n) is 2.75. The van der Waals surface area contributed by atoms with E-state index in [2.05, 4.69) is 35.9 Å². The highest BCUT2D eigenvalue weighted by atomic mass is 79.9. The van der Waals surface area contributed by atoms with Gasteiger partial charge in [0.15, 0.2) is 10.0 Å². The van der Waals surface area contributed by atoms with E-state index in [-0.39, 0.29) is 15.6 Å². The third-order valence-corrected chi connectivity index (χ3v) is 7.36. The average molecular weight is 489 g/mol. The number of hydrogen-bond donors (Lipinski definition) is 1. The van der Waals surface area contributed by atoms with Crippen molar-refractivity contribution in [1.82, 2.24) is 24.7 Å². The Hall–Kier alpha value is -2.01. The monoisotopic (exact) mass is 488 g/mol. The van der Waals surface area contributed by atoms with Gasteiger partial charge in [-0.3, -0.25) is 4.68 Å².